The number of benzene rings is 2. The summed E-state index contributed by atoms with van der Waals surface area (Å²) in [7, 11) is -3.65. The van der Waals surface area contributed by atoms with Gasteiger partial charge in [0.1, 0.15) is 4.90 Å². The Hall–Kier alpha value is -3.04. The van der Waals surface area contributed by atoms with Gasteiger partial charge in [0.25, 0.3) is 10.0 Å². The fourth-order valence-corrected chi connectivity index (χ4v) is 6.68. The highest BCUT2D eigenvalue weighted by molar-refractivity contribution is 7.90. The molecule has 2 aliphatic rings. The molecule has 3 heterocycles. The van der Waals surface area contributed by atoms with Gasteiger partial charge >= 0.3 is 0 Å². The van der Waals surface area contributed by atoms with Gasteiger partial charge in [-0.25, -0.2) is 4.98 Å². The zero-order chi connectivity index (χ0) is 23.9. The zero-order valence-corrected chi connectivity index (χ0v) is 20.7. The summed E-state index contributed by atoms with van der Waals surface area (Å²) >= 11 is 1.53. The Labute approximate surface area is 203 Å². The summed E-state index contributed by atoms with van der Waals surface area (Å²) in [5, 5.41) is 3.65. The van der Waals surface area contributed by atoms with Gasteiger partial charge in [-0.1, -0.05) is 56.3 Å². The van der Waals surface area contributed by atoms with Crippen molar-refractivity contribution in [1.29, 1.82) is 0 Å². The Morgan fingerprint density at radius 2 is 1.74 bits per heavy atom. The molecule has 176 valence electrons. The minimum absolute atomic E-state index is 0.0373. The number of hydrogen-bond donors (Lipinski definition) is 1. The summed E-state index contributed by atoms with van der Waals surface area (Å²) < 4.78 is 28.8. The summed E-state index contributed by atoms with van der Waals surface area (Å²) in [6.07, 6.45) is 1.25. The zero-order valence-electron chi connectivity index (χ0n) is 19.1. The normalized spacial score (nSPS) is 17.5. The van der Waals surface area contributed by atoms with Crippen LogP contribution in [-0.2, 0) is 14.8 Å². The number of sulfonamides is 1. The molecule has 0 aliphatic carbocycles. The molecule has 0 spiro atoms. The van der Waals surface area contributed by atoms with E-state index in [1.807, 2.05) is 41.3 Å². The molecule has 0 unspecified atom stereocenters. The van der Waals surface area contributed by atoms with Crippen molar-refractivity contribution in [2.24, 2.45) is 10.3 Å². The van der Waals surface area contributed by atoms with Crippen LogP contribution in [0.4, 0.5) is 5.13 Å². The van der Waals surface area contributed by atoms with Crippen molar-refractivity contribution in [3.8, 4) is 11.3 Å². The molecule has 5 rings (SSSR count). The van der Waals surface area contributed by atoms with Crippen molar-refractivity contribution < 1.29 is 13.2 Å². The number of rotatable bonds is 4. The lowest BCUT2D eigenvalue weighted by molar-refractivity contribution is -0.120. The maximum Gasteiger partial charge on any atom is 0.285 e. The molecule has 2 aliphatic heterocycles. The Morgan fingerprint density at radius 3 is 2.44 bits per heavy atom. The van der Waals surface area contributed by atoms with E-state index in [-0.39, 0.29) is 16.7 Å². The molecule has 1 saturated heterocycles. The highest BCUT2D eigenvalue weighted by Gasteiger charge is 2.34. The molecule has 3 aromatic rings. The number of likely N-dealkylation sites (tertiary alicyclic amines) is 1. The summed E-state index contributed by atoms with van der Waals surface area (Å²) in [5.41, 5.74) is 2.61. The second-order valence-corrected chi connectivity index (χ2v) is 11.5. The summed E-state index contributed by atoms with van der Waals surface area (Å²) in [6.45, 7) is 5.41. The van der Waals surface area contributed by atoms with E-state index in [0.29, 0.717) is 48.4 Å². The van der Waals surface area contributed by atoms with Crippen molar-refractivity contribution in [3.63, 3.8) is 0 Å². The lowest BCUT2D eigenvalue weighted by atomic mass is 9.95. The molecule has 9 heteroatoms. The largest absolute Gasteiger partial charge is 0.355 e. The van der Waals surface area contributed by atoms with Crippen LogP contribution in [0.2, 0.25) is 0 Å². The maximum atomic E-state index is 13.0. The third-order valence-corrected chi connectivity index (χ3v) is 8.83. The number of amidine groups is 1. The molecule has 7 nitrogen and oxygen atoms in total. The summed E-state index contributed by atoms with van der Waals surface area (Å²) in [5.74, 6) is 0.595. The van der Waals surface area contributed by atoms with Crippen molar-refractivity contribution in [1.82, 2.24) is 9.88 Å². The quantitative estimate of drug-likeness (QED) is 0.566. The molecule has 1 N–H and O–H groups in total. The van der Waals surface area contributed by atoms with E-state index in [0.717, 1.165) is 16.1 Å². The van der Waals surface area contributed by atoms with Gasteiger partial charge in [0.15, 0.2) is 11.0 Å². The van der Waals surface area contributed by atoms with E-state index in [4.69, 9.17) is 4.98 Å². The first-order chi connectivity index (χ1) is 16.3. The highest BCUT2D eigenvalue weighted by atomic mass is 32.2. The lowest BCUT2D eigenvalue weighted by Gasteiger charge is -2.32. The van der Waals surface area contributed by atoms with Crippen LogP contribution in [0.1, 0.15) is 43.0 Å². The Balaban J connectivity index is 1.27. The number of carbonyl (C=O) groups excluding carboxylic acids is 1. The number of fused-ring (bicyclic) bond motifs is 1. The van der Waals surface area contributed by atoms with E-state index in [9.17, 15) is 13.2 Å². The summed E-state index contributed by atoms with van der Waals surface area (Å²) in [6, 6.07) is 16.9. The van der Waals surface area contributed by atoms with Crippen LogP contribution in [0.25, 0.3) is 11.3 Å². The number of aromatic nitrogens is 1. The average molecular weight is 495 g/mol. The molecule has 1 fully saturated rings. The third-order valence-electron chi connectivity index (χ3n) is 6.23. The smallest absolute Gasteiger partial charge is 0.285 e. The Kier molecular flexibility index (Phi) is 5.99. The van der Waals surface area contributed by atoms with E-state index < -0.39 is 10.0 Å². The first-order valence-electron chi connectivity index (χ1n) is 11.4. The van der Waals surface area contributed by atoms with Crippen LogP contribution in [0, 0.1) is 5.92 Å². The second kappa shape index (κ2) is 8.96. The molecule has 0 atom stereocenters. The van der Waals surface area contributed by atoms with Crippen molar-refractivity contribution in [3.05, 3.63) is 65.0 Å². The molecular formula is C25H26N4O3S2. The van der Waals surface area contributed by atoms with Crippen molar-refractivity contribution in [2.45, 2.75) is 37.5 Å². The first-order valence-corrected chi connectivity index (χ1v) is 13.7. The van der Waals surface area contributed by atoms with Gasteiger partial charge in [0, 0.05) is 35.0 Å². The molecule has 1 amide bonds. The monoisotopic (exact) mass is 494 g/mol. The fraction of sp³-hybridized carbons (Fsp3) is 0.320. The number of carbonyl (C=O) groups is 1. The van der Waals surface area contributed by atoms with Crippen LogP contribution >= 0.6 is 11.3 Å². The van der Waals surface area contributed by atoms with Gasteiger partial charge in [0.2, 0.25) is 5.91 Å². The number of amides is 1. The number of piperidine rings is 1. The highest BCUT2D eigenvalue weighted by Crippen LogP contribution is 2.37. The predicted molar refractivity (Wildman–Crippen MR) is 135 cm³/mol. The second-order valence-electron chi connectivity index (χ2n) is 8.89. The maximum absolute atomic E-state index is 13.0. The minimum Gasteiger partial charge on any atom is -0.355 e. The van der Waals surface area contributed by atoms with Gasteiger partial charge < -0.3 is 10.2 Å². The van der Waals surface area contributed by atoms with Crippen molar-refractivity contribution in [2.75, 3.05) is 18.4 Å². The van der Waals surface area contributed by atoms with Gasteiger partial charge in [-0.05, 0) is 30.9 Å². The van der Waals surface area contributed by atoms with Crippen LogP contribution in [0.5, 0.6) is 0 Å². The van der Waals surface area contributed by atoms with E-state index in [1.165, 1.54) is 11.3 Å². The predicted octanol–water partition coefficient (Wildman–Crippen LogP) is 4.73. The van der Waals surface area contributed by atoms with Crippen molar-refractivity contribution >= 4 is 38.2 Å². The van der Waals surface area contributed by atoms with Gasteiger partial charge in [-0.2, -0.15) is 8.42 Å². The Bertz CT molecular complexity index is 1360. The van der Waals surface area contributed by atoms with Gasteiger partial charge in [-0.3, -0.25) is 4.79 Å². The molecule has 2 aromatic carbocycles. The molecule has 1 aromatic heterocycles. The van der Waals surface area contributed by atoms with E-state index in [1.54, 1.807) is 18.2 Å². The van der Waals surface area contributed by atoms with Crippen LogP contribution in [-0.4, -0.2) is 43.1 Å². The number of thiazole rings is 1. The van der Waals surface area contributed by atoms with Crippen LogP contribution in [0.15, 0.2) is 63.9 Å². The number of nitrogens with one attached hydrogen (secondary N) is 1. The standard InChI is InChI=1S/C25H26N4O3S2/c1-16(2)22-21(17-8-4-3-5-9-17)26-25(33-22)27-24(30)18-12-14-29(15-13-18)23-19-10-6-7-11-20(19)34(31,32)28-23/h3-11,16,18H,12-15H2,1-2H3,(H,26,27,30). The third kappa shape index (κ3) is 4.25. The number of anilines is 1. The molecule has 0 bridgehead atoms. The molecular weight excluding hydrogens is 468 g/mol. The number of hydrogen-bond acceptors (Lipinski definition) is 6. The van der Waals surface area contributed by atoms with Crippen LogP contribution in [0.3, 0.4) is 0 Å². The molecule has 34 heavy (non-hydrogen) atoms. The summed E-state index contributed by atoms with van der Waals surface area (Å²) in [4.78, 5) is 21.2. The number of nitrogens with zero attached hydrogens (tertiary/aromatic N) is 3. The SMILES string of the molecule is CC(C)c1sc(NC(=O)C2CCN(C3=NS(=O)(=O)c4ccccc43)CC2)nc1-c1ccccc1. The molecule has 0 saturated carbocycles. The topological polar surface area (TPSA) is 91.7 Å². The molecule has 0 radical (unpaired) electrons. The minimum atomic E-state index is -3.65. The van der Waals surface area contributed by atoms with E-state index in [2.05, 4.69) is 23.6 Å². The first kappa shape index (κ1) is 22.7. The van der Waals surface area contributed by atoms with Gasteiger partial charge in [-0.15, -0.1) is 15.7 Å². The van der Waals surface area contributed by atoms with Gasteiger partial charge in [0.05, 0.1) is 5.69 Å². The van der Waals surface area contributed by atoms with Crippen LogP contribution < -0.4 is 5.32 Å². The Morgan fingerprint density at radius 1 is 1.06 bits per heavy atom. The lowest BCUT2D eigenvalue weighted by Crippen LogP contribution is -2.41. The van der Waals surface area contributed by atoms with E-state index >= 15 is 0 Å². The fourth-order valence-electron chi connectivity index (χ4n) is 4.46. The average Bonchev–Trinajstić information content (AvgIpc) is 3.39.